The normalized spacial score (nSPS) is 11.2. The molecule has 0 saturated carbocycles. The summed E-state index contributed by atoms with van der Waals surface area (Å²) < 4.78 is 1.57. The molecule has 25 heavy (non-hydrogen) atoms. The molecule has 3 aromatic rings. The summed E-state index contributed by atoms with van der Waals surface area (Å²) in [5.41, 5.74) is 1.00. The van der Waals surface area contributed by atoms with Crippen molar-refractivity contribution in [3.05, 3.63) is 53.3 Å². The van der Waals surface area contributed by atoms with Crippen molar-refractivity contribution in [1.82, 2.24) is 9.38 Å². The number of phenols is 1. The molecule has 0 fully saturated rings. The molecule has 0 aliphatic rings. The maximum Gasteiger partial charge on any atom is 0.339 e. The number of azo groups is 1. The Labute approximate surface area is 140 Å². The number of benzene rings is 1. The first-order valence-corrected chi connectivity index (χ1v) is 7.07. The van der Waals surface area contributed by atoms with E-state index in [-0.39, 0.29) is 22.6 Å². The third kappa shape index (κ3) is 3.02. The molecule has 0 saturated heterocycles. The number of carboxylic acids is 2. The maximum absolute atomic E-state index is 11.0. The number of nitrogens with zero attached hydrogens (tertiary/aromatic N) is 4. The van der Waals surface area contributed by atoms with E-state index in [0.717, 1.165) is 0 Å². The van der Waals surface area contributed by atoms with Gasteiger partial charge in [0.15, 0.2) is 5.82 Å². The smallest absolute Gasteiger partial charge is 0.339 e. The first-order valence-electron chi connectivity index (χ1n) is 7.07. The monoisotopic (exact) mass is 340 g/mol. The molecular weight excluding hydrogens is 328 g/mol. The fourth-order valence-electron chi connectivity index (χ4n) is 2.27. The standard InChI is InChI=1S/C16H12N4O5/c1-8-14(20-5-4-9(15(22)23)6-13(20)17-8)19-18-10-2-3-12(21)11(7-10)16(24)25/h2-7,21H,1H3,(H,22,23)(H,24,25). The van der Waals surface area contributed by atoms with Crippen LogP contribution in [0.1, 0.15) is 26.4 Å². The third-order valence-corrected chi connectivity index (χ3v) is 3.49. The van der Waals surface area contributed by atoms with Crippen LogP contribution < -0.4 is 0 Å². The minimum Gasteiger partial charge on any atom is -0.507 e. The van der Waals surface area contributed by atoms with Crippen LogP contribution in [0.5, 0.6) is 5.75 Å². The first kappa shape index (κ1) is 16.1. The lowest BCUT2D eigenvalue weighted by Gasteiger charge is -2.00. The number of carboxylic acid groups (broad SMARTS) is 2. The quantitative estimate of drug-likeness (QED) is 0.624. The van der Waals surface area contributed by atoms with E-state index in [1.165, 1.54) is 36.5 Å². The van der Waals surface area contributed by atoms with E-state index >= 15 is 0 Å². The summed E-state index contributed by atoms with van der Waals surface area (Å²) in [5, 5.41) is 35.6. The Balaban J connectivity index is 2.02. The van der Waals surface area contributed by atoms with Crippen LogP contribution >= 0.6 is 0 Å². The second-order valence-electron chi connectivity index (χ2n) is 5.18. The van der Waals surface area contributed by atoms with Crippen LogP contribution in [-0.2, 0) is 0 Å². The number of imidazole rings is 1. The van der Waals surface area contributed by atoms with Crippen molar-refractivity contribution >= 4 is 29.1 Å². The number of hydrogen-bond acceptors (Lipinski definition) is 6. The Morgan fingerprint density at radius 1 is 1.08 bits per heavy atom. The summed E-state index contributed by atoms with van der Waals surface area (Å²) in [5.74, 6) is -2.31. The SMILES string of the molecule is Cc1nc2cc(C(=O)O)ccn2c1N=Nc1ccc(O)c(C(=O)O)c1. The molecule has 0 aliphatic carbocycles. The molecule has 0 atom stereocenters. The second kappa shape index (κ2) is 6.04. The van der Waals surface area contributed by atoms with Crippen LogP contribution in [0.4, 0.5) is 11.5 Å². The molecule has 2 aromatic heterocycles. The molecule has 3 rings (SSSR count). The van der Waals surface area contributed by atoms with Gasteiger partial charge in [0.2, 0.25) is 0 Å². The molecule has 3 N–H and O–H groups in total. The number of rotatable bonds is 4. The molecule has 0 aliphatic heterocycles. The van der Waals surface area contributed by atoms with E-state index < -0.39 is 11.9 Å². The Hall–Kier alpha value is -3.75. The number of aromatic hydroxyl groups is 1. The van der Waals surface area contributed by atoms with E-state index in [1.807, 2.05) is 0 Å². The van der Waals surface area contributed by atoms with E-state index in [0.29, 0.717) is 17.2 Å². The fraction of sp³-hybridized carbons (Fsp3) is 0.0625. The Morgan fingerprint density at radius 3 is 2.52 bits per heavy atom. The van der Waals surface area contributed by atoms with Gasteiger partial charge in [0.25, 0.3) is 0 Å². The molecule has 0 unspecified atom stereocenters. The highest BCUT2D eigenvalue weighted by Crippen LogP contribution is 2.27. The van der Waals surface area contributed by atoms with Gasteiger partial charge in [0.1, 0.15) is 17.0 Å². The first-order chi connectivity index (χ1) is 11.9. The molecule has 0 amide bonds. The molecule has 0 spiro atoms. The third-order valence-electron chi connectivity index (χ3n) is 3.49. The van der Waals surface area contributed by atoms with E-state index in [4.69, 9.17) is 10.2 Å². The van der Waals surface area contributed by atoms with Crippen molar-refractivity contribution in [2.75, 3.05) is 0 Å². The molecule has 2 heterocycles. The van der Waals surface area contributed by atoms with Crippen LogP contribution in [-0.4, -0.2) is 36.6 Å². The highest BCUT2D eigenvalue weighted by atomic mass is 16.4. The van der Waals surface area contributed by atoms with Crippen LogP contribution in [0.3, 0.4) is 0 Å². The number of aromatic nitrogens is 2. The summed E-state index contributed by atoms with van der Waals surface area (Å²) in [6.07, 6.45) is 1.52. The zero-order chi connectivity index (χ0) is 18.1. The Bertz CT molecular complexity index is 1040. The number of pyridine rings is 1. The van der Waals surface area contributed by atoms with Crippen molar-refractivity contribution in [2.45, 2.75) is 6.92 Å². The van der Waals surface area contributed by atoms with Gasteiger partial charge < -0.3 is 15.3 Å². The average Bonchev–Trinajstić information content (AvgIpc) is 2.88. The van der Waals surface area contributed by atoms with E-state index in [2.05, 4.69) is 15.2 Å². The van der Waals surface area contributed by atoms with Gasteiger partial charge in [0, 0.05) is 6.20 Å². The van der Waals surface area contributed by atoms with Gasteiger partial charge in [-0.05, 0) is 37.3 Å². The number of fused-ring (bicyclic) bond motifs is 1. The Kier molecular flexibility index (Phi) is 3.89. The van der Waals surface area contributed by atoms with Gasteiger partial charge in [-0.1, -0.05) is 0 Å². The number of carbonyl (C=O) groups is 2. The van der Waals surface area contributed by atoms with Gasteiger partial charge in [-0.2, -0.15) is 0 Å². The zero-order valence-electron chi connectivity index (χ0n) is 12.9. The molecule has 9 nitrogen and oxygen atoms in total. The molecule has 0 bridgehead atoms. The van der Waals surface area contributed by atoms with Gasteiger partial charge in [-0.25, -0.2) is 14.6 Å². The highest BCUT2D eigenvalue weighted by Gasteiger charge is 2.12. The lowest BCUT2D eigenvalue weighted by molar-refractivity contribution is 0.0684. The largest absolute Gasteiger partial charge is 0.507 e. The van der Waals surface area contributed by atoms with Crippen LogP contribution in [0.15, 0.2) is 46.8 Å². The maximum atomic E-state index is 11.0. The predicted octanol–water partition coefficient (Wildman–Crippen LogP) is 3.16. The average molecular weight is 340 g/mol. The summed E-state index contributed by atoms with van der Waals surface area (Å²) in [4.78, 5) is 26.3. The van der Waals surface area contributed by atoms with Gasteiger partial charge in [-0.3, -0.25) is 4.40 Å². The van der Waals surface area contributed by atoms with Crippen LogP contribution in [0, 0.1) is 6.92 Å². The number of aryl methyl sites for hydroxylation is 1. The van der Waals surface area contributed by atoms with Crippen LogP contribution in [0.25, 0.3) is 5.65 Å². The topological polar surface area (TPSA) is 137 Å². The fourth-order valence-corrected chi connectivity index (χ4v) is 2.27. The molecule has 126 valence electrons. The van der Waals surface area contributed by atoms with Gasteiger partial charge in [-0.15, -0.1) is 10.2 Å². The summed E-state index contributed by atoms with van der Waals surface area (Å²) in [7, 11) is 0. The van der Waals surface area contributed by atoms with Crippen molar-refractivity contribution in [3.8, 4) is 5.75 Å². The molecule has 1 aromatic carbocycles. The van der Waals surface area contributed by atoms with Crippen molar-refractivity contribution in [2.24, 2.45) is 10.2 Å². The van der Waals surface area contributed by atoms with E-state index in [9.17, 15) is 14.7 Å². The second-order valence-corrected chi connectivity index (χ2v) is 5.18. The Morgan fingerprint density at radius 2 is 1.84 bits per heavy atom. The number of aromatic carboxylic acids is 2. The van der Waals surface area contributed by atoms with Gasteiger partial charge in [0.05, 0.1) is 16.9 Å². The minimum atomic E-state index is -1.28. The lowest BCUT2D eigenvalue weighted by atomic mass is 10.2. The zero-order valence-corrected chi connectivity index (χ0v) is 12.9. The highest BCUT2D eigenvalue weighted by molar-refractivity contribution is 5.91. The van der Waals surface area contributed by atoms with Crippen molar-refractivity contribution < 1.29 is 24.9 Å². The predicted molar refractivity (Wildman–Crippen MR) is 86.1 cm³/mol. The number of hydrogen-bond donors (Lipinski definition) is 3. The van der Waals surface area contributed by atoms with Crippen molar-refractivity contribution in [3.63, 3.8) is 0 Å². The summed E-state index contributed by atoms with van der Waals surface area (Å²) in [6, 6.07) is 6.67. The van der Waals surface area contributed by atoms with E-state index in [1.54, 1.807) is 11.3 Å². The molecule has 0 radical (unpaired) electrons. The van der Waals surface area contributed by atoms with Crippen molar-refractivity contribution in [1.29, 1.82) is 0 Å². The van der Waals surface area contributed by atoms with Crippen LogP contribution in [0.2, 0.25) is 0 Å². The minimum absolute atomic E-state index is 0.102. The van der Waals surface area contributed by atoms with Gasteiger partial charge >= 0.3 is 11.9 Å². The molecular formula is C16H12N4O5. The summed E-state index contributed by atoms with van der Waals surface area (Å²) >= 11 is 0. The molecule has 9 heteroatoms. The lowest BCUT2D eigenvalue weighted by Crippen LogP contribution is -1.97. The summed E-state index contributed by atoms with van der Waals surface area (Å²) in [6.45, 7) is 1.70.